The van der Waals surface area contributed by atoms with E-state index in [0.717, 1.165) is 0 Å². The molecule has 0 aromatic heterocycles. The maximum Gasteiger partial charge on any atom is 0.316 e. The third-order valence-electron chi connectivity index (χ3n) is 2.81. The summed E-state index contributed by atoms with van der Waals surface area (Å²) in [5.74, 6) is -0.226. The van der Waals surface area contributed by atoms with Crippen LogP contribution in [0.1, 0.15) is 17.3 Å². The Labute approximate surface area is 122 Å². The van der Waals surface area contributed by atoms with Gasteiger partial charge in [-0.3, -0.25) is 4.79 Å². The van der Waals surface area contributed by atoms with Crippen LogP contribution < -0.4 is 16.4 Å². The number of nitrogens with two attached hydrogens (primary N) is 1. The molecule has 0 aliphatic heterocycles. The summed E-state index contributed by atoms with van der Waals surface area (Å²) < 4.78 is 0. The molecule has 6 nitrogen and oxygen atoms in total. The summed E-state index contributed by atoms with van der Waals surface area (Å²) in [6.07, 6.45) is 1.88. The van der Waals surface area contributed by atoms with Crippen LogP contribution in [0.5, 0.6) is 0 Å². The highest BCUT2D eigenvalue weighted by atomic mass is 32.2. The Hall–Kier alpha value is -1.73. The Morgan fingerprint density at radius 3 is 2.40 bits per heavy atom. The van der Waals surface area contributed by atoms with Crippen LogP contribution in [0, 0.1) is 0 Å². The number of anilines is 1. The molecule has 5 N–H and O–H groups in total. The first-order valence-corrected chi connectivity index (χ1v) is 7.37. The normalized spacial score (nSPS) is 13.3. The number of primary amides is 1. The van der Waals surface area contributed by atoms with Crippen LogP contribution in [0.25, 0.3) is 0 Å². The number of amides is 3. The van der Waals surface area contributed by atoms with E-state index in [-0.39, 0.29) is 23.8 Å². The third kappa shape index (κ3) is 4.75. The second-order valence-corrected chi connectivity index (χ2v) is 5.36. The first kappa shape index (κ1) is 16.3. The average molecular weight is 297 g/mol. The fourth-order valence-corrected chi connectivity index (χ4v) is 2.29. The van der Waals surface area contributed by atoms with Gasteiger partial charge < -0.3 is 21.5 Å². The molecule has 2 unspecified atom stereocenters. The SMILES string of the molecule is CSC(CO)C(C)NC(=O)c1ccc(NC(N)=O)cc1. The van der Waals surface area contributed by atoms with Crippen molar-refractivity contribution in [2.45, 2.75) is 18.2 Å². The zero-order valence-electron chi connectivity index (χ0n) is 11.4. The molecule has 1 rings (SSSR count). The molecule has 1 aromatic carbocycles. The van der Waals surface area contributed by atoms with E-state index in [9.17, 15) is 14.7 Å². The highest BCUT2D eigenvalue weighted by molar-refractivity contribution is 7.99. The molecule has 0 aliphatic rings. The molecule has 3 amide bonds. The summed E-state index contributed by atoms with van der Waals surface area (Å²) in [5.41, 5.74) is 6.00. The van der Waals surface area contributed by atoms with Crippen molar-refractivity contribution < 1.29 is 14.7 Å². The van der Waals surface area contributed by atoms with Gasteiger partial charge in [0.1, 0.15) is 0 Å². The molecule has 1 aromatic rings. The lowest BCUT2D eigenvalue weighted by atomic mass is 10.1. The van der Waals surface area contributed by atoms with Crippen LogP contribution in [0.2, 0.25) is 0 Å². The first-order valence-electron chi connectivity index (χ1n) is 6.09. The Balaban J connectivity index is 2.66. The van der Waals surface area contributed by atoms with Crippen LogP contribution >= 0.6 is 11.8 Å². The minimum Gasteiger partial charge on any atom is -0.395 e. The molecule has 0 fully saturated rings. The summed E-state index contributed by atoms with van der Waals surface area (Å²) in [6.45, 7) is 1.85. The van der Waals surface area contributed by atoms with Crippen molar-refractivity contribution in [3.05, 3.63) is 29.8 Å². The summed E-state index contributed by atoms with van der Waals surface area (Å²) in [4.78, 5) is 22.7. The number of hydrogen-bond acceptors (Lipinski definition) is 4. The predicted octanol–water partition coefficient (Wildman–Crippen LogP) is 1.02. The van der Waals surface area contributed by atoms with E-state index in [0.29, 0.717) is 11.3 Å². The smallest absolute Gasteiger partial charge is 0.316 e. The average Bonchev–Trinajstić information content (AvgIpc) is 2.40. The molecule has 0 bridgehead atoms. The van der Waals surface area contributed by atoms with E-state index >= 15 is 0 Å². The van der Waals surface area contributed by atoms with Crippen molar-refractivity contribution in [3.63, 3.8) is 0 Å². The maximum atomic E-state index is 12.0. The molecule has 0 saturated carbocycles. The standard InChI is InChI=1S/C13H19N3O3S/c1-8(11(7-17)20-2)15-12(18)9-3-5-10(6-4-9)16-13(14)19/h3-6,8,11,17H,7H2,1-2H3,(H,15,18)(H3,14,16,19). The summed E-state index contributed by atoms with van der Waals surface area (Å²) >= 11 is 1.50. The molecule has 7 heteroatoms. The van der Waals surface area contributed by atoms with E-state index in [1.807, 2.05) is 13.2 Å². The van der Waals surface area contributed by atoms with Crippen LogP contribution in [0.4, 0.5) is 10.5 Å². The van der Waals surface area contributed by atoms with Crippen LogP contribution in [-0.2, 0) is 0 Å². The molecule has 2 atom stereocenters. The number of hydrogen-bond donors (Lipinski definition) is 4. The fraction of sp³-hybridized carbons (Fsp3) is 0.385. The van der Waals surface area contributed by atoms with Gasteiger partial charge in [-0.05, 0) is 37.4 Å². The topological polar surface area (TPSA) is 104 Å². The molecule has 20 heavy (non-hydrogen) atoms. The van der Waals surface area contributed by atoms with Gasteiger partial charge in [0.05, 0.1) is 6.61 Å². The Bertz CT molecular complexity index is 460. The van der Waals surface area contributed by atoms with E-state index in [1.165, 1.54) is 11.8 Å². The molecular formula is C13H19N3O3S. The quantitative estimate of drug-likeness (QED) is 0.629. The van der Waals surface area contributed by atoms with Gasteiger partial charge in [-0.25, -0.2) is 4.79 Å². The number of carbonyl (C=O) groups excluding carboxylic acids is 2. The Kier molecular flexibility index (Phi) is 6.33. The van der Waals surface area contributed by atoms with Gasteiger partial charge in [0, 0.05) is 22.5 Å². The minimum atomic E-state index is -0.651. The van der Waals surface area contributed by atoms with Gasteiger partial charge in [-0.2, -0.15) is 11.8 Å². The fourth-order valence-electron chi connectivity index (χ4n) is 1.67. The first-order chi connectivity index (χ1) is 9.47. The highest BCUT2D eigenvalue weighted by Gasteiger charge is 2.18. The number of aliphatic hydroxyl groups is 1. The number of thioether (sulfide) groups is 1. The molecule has 0 radical (unpaired) electrons. The predicted molar refractivity (Wildman–Crippen MR) is 81.0 cm³/mol. The summed E-state index contributed by atoms with van der Waals surface area (Å²) in [5, 5.41) is 14.4. The number of aliphatic hydroxyl groups excluding tert-OH is 1. The van der Waals surface area contributed by atoms with Gasteiger partial charge in [0.25, 0.3) is 5.91 Å². The van der Waals surface area contributed by atoms with E-state index in [2.05, 4.69) is 10.6 Å². The van der Waals surface area contributed by atoms with E-state index in [1.54, 1.807) is 24.3 Å². The van der Waals surface area contributed by atoms with Crippen molar-refractivity contribution in [1.82, 2.24) is 5.32 Å². The second kappa shape index (κ2) is 7.76. The molecule has 110 valence electrons. The second-order valence-electron chi connectivity index (χ2n) is 4.29. The third-order valence-corrected chi connectivity index (χ3v) is 3.98. The zero-order valence-corrected chi connectivity index (χ0v) is 12.2. The Morgan fingerprint density at radius 1 is 1.35 bits per heavy atom. The number of urea groups is 1. The highest BCUT2D eigenvalue weighted by Crippen LogP contribution is 2.12. The lowest BCUT2D eigenvalue weighted by Gasteiger charge is -2.21. The van der Waals surface area contributed by atoms with Gasteiger partial charge in [0.2, 0.25) is 0 Å². The molecule has 0 aliphatic carbocycles. The van der Waals surface area contributed by atoms with Gasteiger partial charge in [0.15, 0.2) is 0 Å². The number of nitrogens with one attached hydrogen (secondary N) is 2. The number of carbonyl (C=O) groups is 2. The van der Waals surface area contributed by atoms with E-state index < -0.39 is 6.03 Å². The number of rotatable bonds is 6. The monoisotopic (exact) mass is 297 g/mol. The molecule has 0 heterocycles. The van der Waals surface area contributed by atoms with Gasteiger partial charge in [-0.1, -0.05) is 0 Å². The van der Waals surface area contributed by atoms with Gasteiger partial charge >= 0.3 is 6.03 Å². The summed E-state index contributed by atoms with van der Waals surface area (Å²) in [7, 11) is 0. The van der Waals surface area contributed by atoms with Crippen LogP contribution in [0.15, 0.2) is 24.3 Å². The van der Waals surface area contributed by atoms with Crippen molar-refractivity contribution in [2.75, 3.05) is 18.2 Å². The molecule has 0 spiro atoms. The number of benzene rings is 1. The van der Waals surface area contributed by atoms with Crippen molar-refractivity contribution >= 4 is 29.4 Å². The van der Waals surface area contributed by atoms with Crippen LogP contribution in [-0.4, -0.2) is 41.2 Å². The minimum absolute atomic E-state index is 0.00405. The van der Waals surface area contributed by atoms with Crippen molar-refractivity contribution in [1.29, 1.82) is 0 Å². The van der Waals surface area contributed by atoms with Crippen LogP contribution in [0.3, 0.4) is 0 Å². The summed E-state index contributed by atoms with van der Waals surface area (Å²) in [6, 6.07) is 5.60. The van der Waals surface area contributed by atoms with Crippen molar-refractivity contribution in [3.8, 4) is 0 Å². The lowest BCUT2D eigenvalue weighted by molar-refractivity contribution is 0.0936. The molecule has 0 saturated heterocycles. The van der Waals surface area contributed by atoms with Crippen molar-refractivity contribution in [2.24, 2.45) is 5.73 Å². The zero-order chi connectivity index (χ0) is 15.1. The molecular weight excluding hydrogens is 278 g/mol. The largest absolute Gasteiger partial charge is 0.395 e. The Morgan fingerprint density at radius 2 is 1.95 bits per heavy atom. The maximum absolute atomic E-state index is 12.0. The van der Waals surface area contributed by atoms with Gasteiger partial charge in [-0.15, -0.1) is 0 Å². The van der Waals surface area contributed by atoms with E-state index in [4.69, 9.17) is 5.73 Å². The lowest BCUT2D eigenvalue weighted by Crippen LogP contribution is -2.41.